The normalized spacial score (nSPS) is 22.0. The summed E-state index contributed by atoms with van der Waals surface area (Å²) < 4.78 is 10.1. The monoisotopic (exact) mass is 408 g/mol. The lowest BCUT2D eigenvalue weighted by atomic mass is 9.80. The number of esters is 1. The third-order valence-electron chi connectivity index (χ3n) is 4.76. The minimum absolute atomic E-state index is 0.378. The van der Waals surface area contributed by atoms with Gasteiger partial charge in [0.05, 0.1) is 26.2 Å². The summed E-state index contributed by atoms with van der Waals surface area (Å²) in [5, 5.41) is 3.82. The highest BCUT2D eigenvalue weighted by Crippen LogP contribution is 2.54. The summed E-state index contributed by atoms with van der Waals surface area (Å²) >= 11 is 12.6. The van der Waals surface area contributed by atoms with Crippen LogP contribution in [-0.2, 0) is 14.3 Å². The molecule has 2 aromatic carbocycles. The van der Waals surface area contributed by atoms with Crippen LogP contribution in [0.4, 0.5) is 0 Å². The SMILES string of the molecule is COC(=O)[C@]1([C@H](C(N)=O)c2ccc(OC)cc2)N[C@@H]1c1c(Cl)cccc1Cl. The van der Waals surface area contributed by atoms with Gasteiger partial charge in [0, 0.05) is 15.6 Å². The van der Waals surface area contributed by atoms with E-state index in [0.717, 1.165) is 0 Å². The number of carbonyl (C=O) groups is 2. The highest BCUT2D eigenvalue weighted by atomic mass is 35.5. The lowest BCUT2D eigenvalue weighted by molar-refractivity contribution is -0.146. The lowest BCUT2D eigenvalue weighted by Gasteiger charge is -2.23. The Balaban J connectivity index is 2.11. The second kappa shape index (κ2) is 7.38. The van der Waals surface area contributed by atoms with Crippen molar-refractivity contribution in [1.82, 2.24) is 5.32 Å². The number of primary amides is 1. The van der Waals surface area contributed by atoms with Gasteiger partial charge in [0.1, 0.15) is 5.75 Å². The number of carbonyl (C=O) groups excluding carboxylic acids is 2. The molecule has 1 heterocycles. The number of benzene rings is 2. The summed E-state index contributed by atoms with van der Waals surface area (Å²) in [4.78, 5) is 25.1. The Bertz CT molecular complexity index is 868. The minimum Gasteiger partial charge on any atom is -0.497 e. The van der Waals surface area contributed by atoms with Crippen LogP contribution in [0.3, 0.4) is 0 Å². The quantitative estimate of drug-likeness (QED) is 0.565. The maximum atomic E-state index is 12.7. The number of ether oxygens (including phenoxy) is 2. The molecule has 1 aliphatic rings. The molecule has 0 radical (unpaired) electrons. The van der Waals surface area contributed by atoms with Gasteiger partial charge in [0.2, 0.25) is 5.91 Å². The average molecular weight is 409 g/mol. The maximum Gasteiger partial charge on any atom is 0.329 e. The largest absolute Gasteiger partial charge is 0.497 e. The molecule has 0 spiro atoms. The Morgan fingerprint density at radius 2 is 1.70 bits per heavy atom. The fourth-order valence-corrected chi connectivity index (χ4v) is 4.06. The van der Waals surface area contributed by atoms with E-state index in [1.54, 1.807) is 42.5 Å². The Labute approximate surface area is 166 Å². The van der Waals surface area contributed by atoms with Crippen LogP contribution in [0, 0.1) is 0 Å². The topological polar surface area (TPSA) is 101 Å². The van der Waals surface area contributed by atoms with E-state index >= 15 is 0 Å². The number of nitrogens with one attached hydrogen (secondary N) is 1. The molecule has 0 saturated carbocycles. The molecule has 3 rings (SSSR count). The molecule has 0 bridgehead atoms. The Kier molecular flexibility index (Phi) is 5.33. The summed E-state index contributed by atoms with van der Waals surface area (Å²) in [6.07, 6.45) is 0. The van der Waals surface area contributed by atoms with Crippen molar-refractivity contribution in [2.75, 3.05) is 14.2 Å². The van der Waals surface area contributed by atoms with E-state index in [-0.39, 0.29) is 0 Å². The number of rotatable bonds is 6. The number of amides is 1. The first-order chi connectivity index (χ1) is 12.9. The molecule has 1 aliphatic heterocycles. The maximum absolute atomic E-state index is 12.7. The van der Waals surface area contributed by atoms with Gasteiger partial charge < -0.3 is 15.2 Å². The summed E-state index contributed by atoms with van der Waals surface area (Å²) in [7, 11) is 2.79. The van der Waals surface area contributed by atoms with Gasteiger partial charge in [0.25, 0.3) is 0 Å². The molecule has 1 saturated heterocycles. The standard InChI is InChI=1S/C19H18Cl2N2O4/c1-26-11-8-6-10(7-9-11)15(17(22)24)19(18(25)27-2)16(23-19)14-12(20)4-3-5-13(14)21/h3-9,15-16,23H,1-2H3,(H2,22,24)/t15-,16+,19+/m0/s1. The fourth-order valence-electron chi connectivity index (χ4n) is 3.44. The van der Waals surface area contributed by atoms with Gasteiger partial charge in [-0.1, -0.05) is 41.4 Å². The second-order valence-corrected chi connectivity index (χ2v) is 7.00. The van der Waals surface area contributed by atoms with Crippen LogP contribution in [-0.4, -0.2) is 31.6 Å². The molecule has 1 amide bonds. The van der Waals surface area contributed by atoms with Gasteiger partial charge in [-0.2, -0.15) is 0 Å². The number of methoxy groups -OCH3 is 2. The Morgan fingerprint density at radius 3 is 2.19 bits per heavy atom. The van der Waals surface area contributed by atoms with Crippen molar-refractivity contribution in [3.05, 3.63) is 63.6 Å². The van der Waals surface area contributed by atoms with Crippen LogP contribution in [0.2, 0.25) is 10.0 Å². The Morgan fingerprint density at radius 1 is 1.11 bits per heavy atom. The first-order valence-electron chi connectivity index (χ1n) is 8.10. The zero-order valence-electron chi connectivity index (χ0n) is 14.7. The number of hydrogen-bond donors (Lipinski definition) is 2. The molecule has 8 heteroatoms. The second-order valence-electron chi connectivity index (χ2n) is 6.18. The van der Waals surface area contributed by atoms with Crippen LogP contribution in [0.25, 0.3) is 0 Å². The highest BCUT2D eigenvalue weighted by Gasteiger charge is 2.68. The van der Waals surface area contributed by atoms with E-state index < -0.39 is 29.4 Å². The Hall–Kier alpha value is -2.28. The molecular weight excluding hydrogens is 391 g/mol. The smallest absolute Gasteiger partial charge is 0.329 e. The van der Waals surface area contributed by atoms with E-state index in [4.69, 9.17) is 38.4 Å². The molecule has 0 aromatic heterocycles. The van der Waals surface area contributed by atoms with Crippen molar-refractivity contribution in [1.29, 1.82) is 0 Å². The lowest BCUT2D eigenvalue weighted by Crippen LogP contribution is -2.43. The van der Waals surface area contributed by atoms with Crippen molar-refractivity contribution >= 4 is 35.1 Å². The van der Waals surface area contributed by atoms with Gasteiger partial charge in [-0.15, -0.1) is 0 Å². The number of halogens is 2. The zero-order valence-corrected chi connectivity index (χ0v) is 16.2. The van der Waals surface area contributed by atoms with Crippen molar-refractivity contribution in [2.45, 2.75) is 17.5 Å². The van der Waals surface area contributed by atoms with Gasteiger partial charge in [0.15, 0.2) is 5.54 Å². The predicted octanol–water partition coefficient (Wildman–Crippen LogP) is 2.83. The molecular formula is C19H18Cl2N2O4. The first kappa shape index (κ1) is 19.5. The van der Waals surface area contributed by atoms with Gasteiger partial charge in [-0.3, -0.25) is 10.1 Å². The predicted molar refractivity (Wildman–Crippen MR) is 102 cm³/mol. The van der Waals surface area contributed by atoms with E-state index in [1.807, 2.05) is 0 Å². The van der Waals surface area contributed by atoms with Gasteiger partial charge in [-0.25, -0.2) is 4.79 Å². The fraction of sp³-hybridized carbons (Fsp3) is 0.263. The van der Waals surface area contributed by atoms with E-state index in [2.05, 4.69) is 5.32 Å². The van der Waals surface area contributed by atoms with Crippen LogP contribution in [0.5, 0.6) is 5.75 Å². The molecule has 3 N–H and O–H groups in total. The zero-order chi connectivity index (χ0) is 19.8. The number of hydrogen-bond acceptors (Lipinski definition) is 5. The highest BCUT2D eigenvalue weighted by molar-refractivity contribution is 6.36. The van der Waals surface area contributed by atoms with Crippen molar-refractivity contribution in [2.24, 2.45) is 5.73 Å². The van der Waals surface area contributed by atoms with Crippen molar-refractivity contribution in [3.8, 4) is 5.75 Å². The summed E-state index contributed by atoms with van der Waals surface area (Å²) in [6, 6.07) is 11.2. The van der Waals surface area contributed by atoms with Crippen LogP contribution < -0.4 is 15.8 Å². The third-order valence-corrected chi connectivity index (χ3v) is 5.41. The molecule has 27 heavy (non-hydrogen) atoms. The van der Waals surface area contributed by atoms with Crippen LogP contribution in [0.1, 0.15) is 23.1 Å². The molecule has 2 aromatic rings. The minimum atomic E-state index is -1.40. The van der Waals surface area contributed by atoms with Crippen LogP contribution >= 0.6 is 23.2 Å². The van der Waals surface area contributed by atoms with Gasteiger partial charge >= 0.3 is 5.97 Å². The number of nitrogens with two attached hydrogens (primary N) is 1. The van der Waals surface area contributed by atoms with Gasteiger partial charge in [-0.05, 0) is 29.8 Å². The molecule has 0 unspecified atom stereocenters. The molecule has 0 aliphatic carbocycles. The third kappa shape index (κ3) is 3.25. The van der Waals surface area contributed by atoms with E-state index in [1.165, 1.54) is 14.2 Å². The molecule has 142 valence electrons. The first-order valence-corrected chi connectivity index (χ1v) is 8.85. The average Bonchev–Trinajstić information content (AvgIpc) is 3.37. The van der Waals surface area contributed by atoms with E-state index in [0.29, 0.717) is 26.9 Å². The molecule has 3 atom stereocenters. The summed E-state index contributed by atoms with van der Waals surface area (Å²) in [6.45, 7) is 0. The molecule has 6 nitrogen and oxygen atoms in total. The molecule has 1 fully saturated rings. The van der Waals surface area contributed by atoms with Crippen molar-refractivity contribution in [3.63, 3.8) is 0 Å². The van der Waals surface area contributed by atoms with Crippen LogP contribution in [0.15, 0.2) is 42.5 Å². The van der Waals surface area contributed by atoms with E-state index in [9.17, 15) is 9.59 Å². The van der Waals surface area contributed by atoms with Crippen molar-refractivity contribution < 1.29 is 19.1 Å². The summed E-state index contributed by atoms with van der Waals surface area (Å²) in [5.41, 5.74) is 5.36. The summed E-state index contributed by atoms with van der Waals surface area (Å²) in [5.74, 6) is -1.68.